The molecule has 1 heterocycles. The van der Waals surface area contributed by atoms with Gasteiger partial charge in [0, 0.05) is 24.8 Å². The Hall–Kier alpha value is -2.07. The molecule has 0 radical (unpaired) electrons. The second-order valence-corrected chi connectivity index (χ2v) is 4.58. The molecule has 0 spiro atoms. The summed E-state index contributed by atoms with van der Waals surface area (Å²) in [6.07, 6.45) is 1.81. The van der Waals surface area contributed by atoms with Gasteiger partial charge in [-0.2, -0.15) is 0 Å². The van der Waals surface area contributed by atoms with E-state index in [9.17, 15) is 0 Å². The van der Waals surface area contributed by atoms with E-state index in [0.29, 0.717) is 0 Å². The highest BCUT2D eigenvalue weighted by Crippen LogP contribution is 2.22. The zero-order valence-electron chi connectivity index (χ0n) is 12.1. The van der Waals surface area contributed by atoms with Crippen molar-refractivity contribution < 1.29 is 9.47 Å². The lowest BCUT2D eigenvalue weighted by Crippen LogP contribution is -2.19. The van der Waals surface area contributed by atoms with Crippen LogP contribution in [0.1, 0.15) is 24.2 Å². The van der Waals surface area contributed by atoms with Crippen LogP contribution >= 0.6 is 0 Å². The summed E-state index contributed by atoms with van der Waals surface area (Å²) in [5.74, 6) is 1.60. The van der Waals surface area contributed by atoms with Crippen molar-refractivity contribution >= 4 is 0 Å². The molecular weight excluding hydrogens is 252 g/mol. The molecule has 0 amide bonds. The van der Waals surface area contributed by atoms with Crippen LogP contribution in [0.4, 0.5) is 0 Å². The highest BCUT2D eigenvalue weighted by Gasteiger charge is 2.07. The summed E-state index contributed by atoms with van der Waals surface area (Å²) in [5, 5.41) is 3.44. The highest BCUT2D eigenvalue weighted by molar-refractivity contribution is 5.38. The van der Waals surface area contributed by atoms with Gasteiger partial charge < -0.3 is 14.8 Å². The van der Waals surface area contributed by atoms with Gasteiger partial charge in [0.1, 0.15) is 11.5 Å². The Morgan fingerprint density at radius 3 is 2.35 bits per heavy atom. The lowest BCUT2D eigenvalue weighted by Gasteiger charge is -2.14. The molecule has 1 aromatic carbocycles. The zero-order valence-corrected chi connectivity index (χ0v) is 12.1. The van der Waals surface area contributed by atoms with Gasteiger partial charge >= 0.3 is 0 Å². The highest BCUT2D eigenvalue weighted by atomic mass is 16.5. The van der Waals surface area contributed by atoms with Crippen molar-refractivity contribution in [1.29, 1.82) is 0 Å². The molecule has 0 bridgehead atoms. The maximum atomic E-state index is 5.27. The minimum absolute atomic E-state index is 0.188. The Labute approximate surface area is 119 Å². The standard InChI is InChI=1S/C16H20N2O2/c1-12(16-6-4-5-7-17-16)18-11-13-8-14(19-2)10-15(9-13)20-3/h4-10,12,18H,11H2,1-3H3/t12-/m0/s1. The minimum atomic E-state index is 0.188. The number of nitrogens with one attached hydrogen (secondary N) is 1. The van der Waals surface area contributed by atoms with Crippen LogP contribution < -0.4 is 14.8 Å². The number of pyridine rings is 1. The number of nitrogens with zero attached hydrogens (tertiary/aromatic N) is 1. The molecule has 0 fully saturated rings. The average molecular weight is 272 g/mol. The number of ether oxygens (including phenoxy) is 2. The molecule has 0 aliphatic rings. The number of aromatic nitrogens is 1. The fourth-order valence-corrected chi connectivity index (χ4v) is 1.98. The van der Waals surface area contributed by atoms with Crippen LogP contribution in [0.3, 0.4) is 0 Å². The Kier molecular flexibility index (Phi) is 4.96. The molecule has 2 rings (SSSR count). The van der Waals surface area contributed by atoms with E-state index < -0.39 is 0 Å². The monoisotopic (exact) mass is 272 g/mol. The van der Waals surface area contributed by atoms with Crippen molar-refractivity contribution in [2.45, 2.75) is 19.5 Å². The van der Waals surface area contributed by atoms with Crippen LogP contribution in [0.2, 0.25) is 0 Å². The first-order valence-electron chi connectivity index (χ1n) is 6.59. The number of benzene rings is 1. The average Bonchev–Trinajstić information content (AvgIpc) is 2.53. The van der Waals surface area contributed by atoms with Crippen molar-refractivity contribution in [2.75, 3.05) is 14.2 Å². The van der Waals surface area contributed by atoms with E-state index in [0.717, 1.165) is 29.3 Å². The number of hydrogen-bond donors (Lipinski definition) is 1. The van der Waals surface area contributed by atoms with Crippen molar-refractivity contribution in [3.8, 4) is 11.5 Å². The summed E-state index contributed by atoms with van der Waals surface area (Å²) in [5.41, 5.74) is 2.14. The van der Waals surface area contributed by atoms with E-state index in [1.54, 1.807) is 14.2 Å². The van der Waals surface area contributed by atoms with Gasteiger partial charge in [-0.3, -0.25) is 4.98 Å². The first kappa shape index (κ1) is 14.3. The zero-order chi connectivity index (χ0) is 14.4. The van der Waals surface area contributed by atoms with Gasteiger partial charge in [-0.25, -0.2) is 0 Å². The molecule has 1 aromatic heterocycles. The predicted octanol–water partition coefficient (Wildman–Crippen LogP) is 2.95. The number of hydrogen-bond acceptors (Lipinski definition) is 4. The van der Waals surface area contributed by atoms with Gasteiger partial charge in [-0.05, 0) is 36.8 Å². The van der Waals surface area contributed by atoms with Crippen molar-refractivity contribution in [3.63, 3.8) is 0 Å². The summed E-state index contributed by atoms with van der Waals surface area (Å²) >= 11 is 0. The lowest BCUT2D eigenvalue weighted by atomic mass is 10.1. The fraction of sp³-hybridized carbons (Fsp3) is 0.312. The third-order valence-electron chi connectivity index (χ3n) is 3.16. The van der Waals surface area contributed by atoms with E-state index in [1.807, 2.05) is 42.6 Å². The van der Waals surface area contributed by atoms with E-state index in [1.165, 1.54) is 0 Å². The Balaban J connectivity index is 2.03. The molecule has 0 unspecified atom stereocenters. The third-order valence-corrected chi connectivity index (χ3v) is 3.16. The second kappa shape index (κ2) is 6.91. The van der Waals surface area contributed by atoms with Gasteiger partial charge in [0.2, 0.25) is 0 Å². The molecule has 0 aliphatic carbocycles. The third kappa shape index (κ3) is 3.71. The molecule has 20 heavy (non-hydrogen) atoms. The first-order chi connectivity index (χ1) is 9.72. The fourth-order valence-electron chi connectivity index (χ4n) is 1.98. The Morgan fingerprint density at radius 2 is 1.80 bits per heavy atom. The molecule has 0 saturated carbocycles. The van der Waals surface area contributed by atoms with Crippen LogP contribution in [0, 0.1) is 0 Å². The first-order valence-corrected chi connectivity index (χ1v) is 6.59. The number of methoxy groups -OCH3 is 2. The van der Waals surface area contributed by atoms with E-state index in [-0.39, 0.29) is 6.04 Å². The van der Waals surface area contributed by atoms with Crippen LogP contribution in [0.5, 0.6) is 11.5 Å². The van der Waals surface area contributed by atoms with Crippen LogP contribution in [-0.2, 0) is 6.54 Å². The molecule has 4 heteroatoms. The maximum Gasteiger partial charge on any atom is 0.122 e. The predicted molar refractivity (Wildman–Crippen MR) is 79.0 cm³/mol. The molecule has 1 atom stereocenters. The van der Waals surface area contributed by atoms with Gasteiger partial charge in [-0.1, -0.05) is 6.07 Å². The van der Waals surface area contributed by atoms with Crippen LogP contribution in [0.25, 0.3) is 0 Å². The van der Waals surface area contributed by atoms with Crippen molar-refractivity contribution in [1.82, 2.24) is 10.3 Å². The summed E-state index contributed by atoms with van der Waals surface area (Å²) in [6.45, 7) is 2.82. The molecule has 1 N–H and O–H groups in total. The normalized spacial score (nSPS) is 11.9. The lowest BCUT2D eigenvalue weighted by molar-refractivity contribution is 0.392. The van der Waals surface area contributed by atoms with Crippen molar-refractivity contribution in [3.05, 3.63) is 53.9 Å². The molecule has 0 saturated heterocycles. The molecular formula is C16H20N2O2. The molecule has 2 aromatic rings. The van der Waals surface area contributed by atoms with Crippen LogP contribution in [0.15, 0.2) is 42.6 Å². The SMILES string of the molecule is COc1cc(CN[C@@H](C)c2ccccn2)cc(OC)c1. The summed E-state index contributed by atoms with van der Waals surface area (Å²) < 4.78 is 10.5. The molecule has 106 valence electrons. The minimum Gasteiger partial charge on any atom is -0.497 e. The van der Waals surface area contributed by atoms with Gasteiger partial charge in [0.25, 0.3) is 0 Å². The summed E-state index contributed by atoms with van der Waals surface area (Å²) in [7, 11) is 3.31. The second-order valence-electron chi connectivity index (χ2n) is 4.58. The smallest absolute Gasteiger partial charge is 0.122 e. The van der Waals surface area contributed by atoms with E-state index in [4.69, 9.17) is 9.47 Å². The summed E-state index contributed by atoms with van der Waals surface area (Å²) in [4.78, 5) is 4.35. The largest absolute Gasteiger partial charge is 0.497 e. The number of rotatable bonds is 6. The maximum absolute atomic E-state index is 5.27. The quantitative estimate of drug-likeness (QED) is 0.878. The van der Waals surface area contributed by atoms with Gasteiger partial charge in [0.15, 0.2) is 0 Å². The summed E-state index contributed by atoms with van der Waals surface area (Å²) in [6, 6.07) is 12.0. The molecule has 4 nitrogen and oxygen atoms in total. The van der Waals surface area contributed by atoms with E-state index in [2.05, 4.69) is 17.2 Å². The Morgan fingerprint density at radius 1 is 1.10 bits per heavy atom. The van der Waals surface area contributed by atoms with Gasteiger partial charge in [-0.15, -0.1) is 0 Å². The van der Waals surface area contributed by atoms with E-state index >= 15 is 0 Å². The topological polar surface area (TPSA) is 43.4 Å². The van der Waals surface area contributed by atoms with Crippen molar-refractivity contribution in [2.24, 2.45) is 0 Å². The van der Waals surface area contributed by atoms with Gasteiger partial charge in [0.05, 0.1) is 19.9 Å². The molecule has 0 aliphatic heterocycles. The van der Waals surface area contributed by atoms with Crippen LogP contribution in [-0.4, -0.2) is 19.2 Å². The Bertz CT molecular complexity index is 521.